The second kappa shape index (κ2) is 13.9. The third-order valence-electron chi connectivity index (χ3n) is 10.00. The molecule has 270 valence electrons. The van der Waals surface area contributed by atoms with Crippen LogP contribution in [-0.4, -0.2) is 14.5 Å². The van der Waals surface area contributed by atoms with Crippen molar-refractivity contribution in [2.75, 3.05) is 9.80 Å². The minimum Gasteiger partial charge on any atom is -0.509 e. The van der Waals surface area contributed by atoms with E-state index in [9.17, 15) is 0 Å². The smallest absolute Gasteiger partial charge is 0.135 e. The fourth-order valence-corrected chi connectivity index (χ4v) is 7.44. The van der Waals surface area contributed by atoms with Crippen LogP contribution < -0.4 is 14.5 Å². The first-order valence-corrected chi connectivity index (χ1v) is 17.9. The van der Waals surface area contributed by atoms with Crippen LogP contribution in [0.4, 0.5) is 22.7 Å². The van der Waals surface area contributed by atoms with Crippen LogP contribution >= 0.6 is 0 Å². The molecule has 0 fully saturated rings. The number of hydrogen-bond acceptors (Lipinski definition) is 5. The summed E-state index contributed by atoms with van der Waals surface area (Å²) in [6.45, 7) is 13.1. The number of anilines is 4. The van der Waals surface area contributed by atoms with Crippen LogP contribution in [0.2, 0.25) is 0 Å². The normalized spacial score (nSPS) is 12.6. The van der Waals surface area contributed by atoms with E-state index in [4.69, 9.17) is 9.72 Å². The molecular weight excluding hydrogens is 846 g/mol. The third-order valence-corrected chi connectivity index (χ3v) is 10.00. The summed E-state index contributed by atoms with van der Waals surface area (Å²) < 4.78 is 8.71. The summed E-state index contributed by atoms with van der Waals surface area (Å²) >= 11 is 0. The molecule has 9 rings (SSSR count). The maximum atomic E-state index is 6.53. The Morgan fingerprint density at radius 1 is 0.667 bits per heavy atom. The van der Waals surface area contributed by atoms with Crippen LogP contribution in [-0.2, 0) is 26.5 Å². The van der Waals surface area contributed by atoms with Crippen molar-refractivity contribution in [1.29, 1.82) is 0 Å². The Labute approximate surface area is 331 Å². The van der Waals surface area contributed by atoms with E-state index in [0.29, 0.717) is 11.5 Å². The molecule has 3 aromatic heterocycles. The number of benzene rings is 5. The van der Waals surface area contributed by atoms with Crippen LogP contribution in [0.1, 0.15) is 37.5 Å². The Hall–Kier alpha value is -5.71. The van der Waals surface area contributed by atoms with E-state index in [2.05, 4.69) is 164 Å². The maximum absolute atomic E-state index is 6.53. The molecule has 0 saturated carbocycles. The molecule has 0 amide bonds. The number of para-hydroxylation sites is 1. The molecule has 0 atom stereocenters. The van der Waals surface area contributed by atoms with Gasteiger partial charge in [0.15, 0.2) is 0 Å². The zero-order valence-corrected chi connectivity index (χ0v) is 33.0. The molecule has 1 aliphatic heterocycles. The van der Waals surface area contributed by atoms with Gasteiger partial charge in [-0.05, 0) is 88.9 Å². The number of ether oxygens (including phenoxy) is 1. The number of rotatable bonds is 6. The zero-order chi connectivity index (χ0) is 36.3. The Morgan fingerprint density at radius 3 is 2.22 bits per heavy atom. The molecule has 0 N–H and O–H groups in total. The zero-order valence-electron chi connectivity index (χ0n) is 30.7. The standard InChI is InChI=1S/C47H38N5O.Pt/c1-31-24-34(33-12-7-6-8-13-33)25-32(2)46(31)51-30-50(44-29-48-22-21-42(44)51)36-14-11-15-37(27-36)53-38-18-19-40-39-16-9-10-17-41(39)52(43(40)28-38)45-26-35(20-23-49-45)47(3,4)5;/h6-26,29-30H,1-5H3;/q-3;. The molecular formula is C47H38N5OPt-3. The van der Waals surface area contributed by atoms with E-state index in [1.54, 1.807) is 0 Å². The second-order valence-electron chi connectivity index (χ2n) is 14.6. The van der Waals surface area contributed by atoms with E-state index in [-0.39, 0.29) is 26.5 Å². The molecule has 54 heavy (non-hydrogen) atoms. The molecule has 0 spiro atoms. The van der Waals surface area contributed by atoms with Crippen molar-refractivity contribution in [3.63, 3.8) is 0 Å². The number of aromatic nitrogens is 3. The van der Waals surface area contributed by atoms with Gasteiger partial charge in [-0.2, -0.15) is 12.1 Å². The van der Waals surface area contributed by atoms with Crippen molar-refractivity contribution in [1.82, 2.24) is 14.5 Å². The van der Waals surface area contributed by atoms with Crippen LogP contribution in [0.15, 0.2) is 134 Å². The summed E-state index contributed by atoms with van der Waals surface area (Å²) in [5.74, 6) is 2.04. The van der Waals surface area contributed by atoms with Gasteiger partial charge < -0.3 is 19.1 Å². The minimum absolute atomic E-state index is 0. The molecule has 5 aromatic carbocycles. The van der Waals surface area contributed by atoms with Gasteiger partial charge in [-0.15, -0.1) is 48.1 Å². The fraction of sp³-hybridized carbons (Fsp3) is 0.128. The number of aryl methyl sites for hydroxylation is 2. The van der Waals surface area contributed by atoms with Gasteiger partial charge in [0.05, 0.1) is 5.69 Å². The van der Waals surface area contributed by atoms with Gasteiger partial charge in [-0.25, -0.2) is 4.98 Å². The van der Waals surface area contributed by atoms with Gasteiger partial charge in [0, 0.05) is 68.0 Å². The minimum atomic E-state index is -0.0136. The molecule has 0 aliphatic carbocycles. The first-order chi connectivity index (χ1) is 25.7. The van der Waals surface area contributed by atoms with Crippen LogP contribution in [0, 0.1) is 32.6 Å². The van der Waals surface area contributed by atoms with Crippen molar-refractivity contribution in [3.8, 4) is 28.4 Å². The number of nitrogens with zero attached hydrogens (tertiary/aromatic N) is 5. The fourth-order valence-electron chi connectivity index (χ4n) is 7.44. The van der Waals surface area contributed by atoms with Crippen molar-refractivity contribution in [2.24, 2.45) is 0 Å². The van der Waals surface area contributed by atoms with Crippen molar-refractivity contribution in [2.45, 2.75) is 40.0 Å². The van der Waals surface area contributed by atoms with Gasteiger partial charge in [-0.1, -0.05) is 74.8 Å². The second-order valence-corrected chi connectivity index (χ2v) is 14.6. The van der Waals surface area contributed by atoms with Crippen LogP contribution in [0.25, 0.3) is 38.8 Å². The first-order valence-electron chi connectivity index (χ1n) is 17.9. The Kier molecular flexibility index (Phi) is 9.11. The maximum Gasteiger partial charge on any atom is 0.135 e. The average Bonchev–Trinajstić information content (AvgIpc) is 3.71. The summed E-state index contributed by atoms with van der Waals surface area (Å²) in [6.07, 6.45) is 5.64. The third kappa shape index (κ3) is 6.25. The van der Waals surface area contributed by atoms with Gasteiger partial charge in [0.1, 0.15) is 5.82 Å². The van der Waals surface area contributed by atoms with Crippen LogP contribution in [0.5, 0.6) is 11.5 Å². The molecule has 0 unspecified atom stereocenters. The molecule has 6 nitrogen and oxygen atoms in total. The predicted molar refractivity (Wildman–Crippen MR) is 216 cm³/mol. The summed E-state index contributed by atoms with van der Waals surface area (Å²) in [5.41, 5.74) is 12.0. The van der Waals surface area contributed by atoms with Crippen molar-refractivity contribution < 1.29 is 25.8 Å². The number of pyridine rings is 2. The van der Waals surface area contributed by atoms with Crippen molar-refractivity contribution in [3.05, 3.63) is 169 Å². The van der Waals surface area contributed by atoms with E-state index >= 15 is 0 Å². The van der Waals surface area contributed by atoms with Crippen molar-refractivity contribution >= 4 is 44.6 Å². The Morgan fingerprint density at radius 2 is 1.43 bits per heavy atom. The molecule has 0 saturated heterocycles. The summed E-state index contributed by atoms with van der Waals surface area (Å²) in [7, 11) is 0. The van der Waals surface area contributed by atoms with E-state index in [1.165, 1.54) is 27.8 Å². The summed E-state index contributed by atoms with van der Waals surface area (Å²) in [5, 5.41) is 2.23. The molecule has 4 heterocycles. The Balaban J connectivity index is 0.00000413. The topological polar surface area (TPSA) is 46.4 Å². The van der Waals surface area contributed by atoms with Gasteiger partial charge >= 0.3 is 0 Å². The molecule has 0 radical (unpaired) electrons. The predicted octanol–water partition coefficient (Wildman–Crippen LogP) is 12.0. The van der Waals surface area contributed by atoms with E-state index in [1.807, 2.05) is 42.9 Å². The molecule has 8 aromatic rings. The number of fused-ring (bicyclic) bond motifs is 4. The van der Waals surface area contributed by atoms with E-state index in [0.717, 1.165) is 50.4 Å². The SMILES string of the molecule is Cc1cc(-c2ccccc2)cc(C)c1N1[CH-]N(c2[c-]c(Oc3[c-]c4c(cc3)c3ccccc3n4-c3cc(C(C)(C)C)ccn3)ccc2)c2cnccc21.[Pt]. The molecule has 7 heteroatoms. The van der Waals surface area contributed by atoms with E-state index < -0.39 is 0 Å². The average molecular weight is 884 g/mol. The van der Waals surface area contributed by atoms with Gasteiger partial charge in [0.2, 0.25) is 0 Å². The largest absolute Gasteiger partial charge is 0.509 e. The summed E-state index contributed by atoms with van der Waals surface area (Å²) in [4.78, 5) is 13.7. The number of hydrogen-bond donors (Lipinski definition) is 0. The van der Waals surface area contributed by atoms with Gasteiger partial charge in [-0.3, -0.25) is 4.98 Å². The van der Waals surface area contributed by atoms with Gasteiger partial charge in [0.25, 0.3) is 0 Å². The molecule has 1 aliphatic rings. The first kappa shape index (κ1) is 35.3. The Bertz CT molecular complexity index is 2640. The van der Waals surface area contributed by atoms with Crippen LogP contribution in [0.3, 0.4) is 0 Å². The monoisotopic (exact) mass is 883 g/mol. The summed E-state index contributed by atoms with van der Waals surface area (Å²) in [6, 6.07) is 47.0. The molecule has 0 bridgehead atoms. The quantitative estimate of drug-likeness (QED) is 0.156.